The zero-order valence-corrected chi connectivity index (χ0v) is 16.8. The van der Waals surface area contributed by atoms with E-state index < -0.39 is 0 Å². The van der Waals surface area contributed by atoms with Crippen LogP contribution in [-0.2, 0) is 11.3 Å². The second-order valence-electron chi connectivity index (χ2n) is 6.60. The molecule has 0 unspecified atom stereocenters. The van der Waals surface area contributed by atoms with E-state index in [9.17, 15) is 9.59 Å². The maximum atomic E-state index is 12.8. The van der Waals surface area contributed by atoms with Crippen molar-refractivity contribution in [1.82, 2.24) is 14.9 Å². The number of amides is 1. The van der Waals surface area contributed by atoms with Crippen LogP contribution in [0, 0.1) is 0 Å². The lowest BCUT2D eigenvalue weighted by atomic mass is 10.1. The van der Waals surface area contributed by atoms with Gasteiger partial charge in [-0.3, -0.25) is 14.2 Å². The van der Waals surface area contributed by atoms with Crippen molar-refractivity contribution in [3.05, 3.63) is 33.0 Å². The van der Waals surface area contributed by atoms with Crippen LogP contribution in [0.25, 0.3) is 10.9 Å². The van der Waals surface area contributed by atoms with E-state index in [1.807, 2.05) is 39.8 Å². The molecule has 130 valence electrons. The lowest BCUT2D eigenvalue weighted by Crippen LogP contribution is -2.41. The van der Waals surface area contributed by atoms with Crippen molar-refractivity contribution >= 4 is 44.5 Å². The Kier molecular flexibility index (Phi) is 6.09. The SMILES string of the molecule is CCCn1c(SCC(=O)NC(C)(C)C)nc2ccc(Br)cc2c1=O. The molecule has 5 nitrogen and oxygen atoms in total. The van der Waals surface area contributed by atoms with Gasteiger partial charge < -0.3 is 5.32 Å². The number of benzene rings is 1. The van der Waals surface area contributed by atoms with Crippen LogP contribution in [0.4, 0.5) is 0 Å². The second kappa shape index (κ2) is 7.70. The monoisotopic (exact) mass is 411 g/mol. The van der Waals surface area contributed by atoms with Crippen molar-refractivity contribution in [2.24, 2.45) is 0 Å². The molecule has 1 amide bonds. The third kappa shape index (κ3) is 4.83. The zero-order valence-electron chi connectivity index (χ0n) is 14.4. The molecule has 0 radical (unpaired) electrons. The largest absolute Gasteiger partial charge is 0.351 e. The summed E-state index contributed by atoms with van der Waals surface area (Å²) < 4.78 is 2.51. The summed E-state index contributed by atoms with van der Waals surface area (Å²) in [5, 5.41) is 4.09. The van der Waals surface area contributed by atoms with Crippen LogP contribution < -0.4 is 10.9 Å². The highest BCUT2D eigenvalue weighted by molar-refractivity contribution is 9.10. The van der Waals surface area contributed by atoms with Gasteiger partial charge in [-0.05, 0) is 45.4 Å². The molecule has 0 saturated heterocycles. The van der Waals surface area contributed by atoms with Crippen molar-refractivity contribution in [2.45, 2.75) is 51.4 Å². The van der Waals surface area contributed by atoms with E-state index in [-0.39, 0.29) is 22.8 Å². The predicted octanol–water partition coefficient (Wildman–Crippen LogP) is 3.58. The van der Waals surface area contributed by atoms with Gasteiger partial charge in [0.15, 0.2) is 5.16 Å². The molecule has 0 aliphatic rings. The molecule has 1 aromatic carbocycles. The second-order valence-corrected chi connectivity index (χ2v) is 8.46. The summed E-state index contributed by atoms with van der Waals surface area (Å²) in [6.45, 7) is 8.41. The van der Waals surface area contributed by atoms with Crippen molar-refractivity contribution in [3.63, 3.8) is 0 Å². The minimum Gasteiger partial charge on any atom is -0.351 e. The summed E-state index contributed by atoms with van der Waals surface area (Å²) in [6.07, 6.45) is 0.822. The van der Waals surface area contributed by atoms with Crippen LogP contribution in [0.3, 0.4) is 0 Å². The van der Waals surface area contributed by atoms with Crippen molar-refractivity contribution in [3.8, 4) is 0 Å². The Bertz CT molecular complexity index is 812. The number of hydrogen-bond acceptors (Lipinski definition) is 4. The summed E-state index contributed by atoms with van der Waals surface area (Å²) >= 11 is 4.69. The fraction of sp³-hybridized carbons (Fsp3) is 0.471. The third-order valence-electron chi connectivity index (χ3n) is 3.18. The summed E-state index contributed by atoms with van der Waals surface area (Å²) in [6, 6.07) is 5.47. The van der Waals surface area contributed by atoms with E-state index in [0.29, 0.717) is 22.6 Å². The standard InChI is InChI=1S/C17H22BrN3O2S/c1-5-8-21-15(23)12-9-11(18)6-7-13(12)19-16(21)24-10-14(22)20-17(2,3)4/h6-7,9H,5,8,10H2,1-4H3,(H,20,22). The van der Waals surface area contributed by atoms with Gasteiger partial charge in [0.1, 0.15) is 0 Å². The number of fused-ring (bicyclic) bond motifs is 1. The Hall–Kier alpha value is -1.34. The maximum absolute atomic E-state index is 12.8. The summed E-state index contributed by atoms with van der Waals surface area (Å²) in [5.41, 5.74) is 0.306. The number of carbonyl (C=O) groups excluding carboxylic acids is 1. The molecular weight excluding hydrogens is 390 g/mol. The summed E-state index contributed by atoms with van der Waals surface area (Å²) in [4.78, 5) is 29.4. The quantitative estimate of drug-likeness (QED) is 0.603. The number of thioether (sulfide) groups is 1. The van der Waals surface area contributed by atoms with Gasteiger partial charge in [-0.25, -0.2) is 4.98 Å². The molecule has 0 bridgehead atoms. The average Bonchev–Trinajstić information content (AvgIpc) is 2.47. The molecule has 24 heavy (non-hydrogen) atoms. The van der Waals surface area contributed by atoms with Gasteiger partial charge in [0, 0.05) is 16.6 Å². The van der Waals surface area contributed by atoms with Crippen molar-refractivity contribution in [2.75, 3.05) is 5.75 Å². The first-order valence-electron chi connectivity index (χ1n) is 7.85. The number of hydrogen-bond donors (Lipinski definition) is 1. The number of aromatic nitrogens is 2. The minimum atomic E-state index is -0.274. The predicted molar refractivity (Wildman–Crippen MR) is 103 cm³/mol. The molecule has 0 aliphatic carbocycles. The molecule has 2 rings (SSSR count). The Morgan fingerprint density at radius 3 is 2.71 bits per heavy atom. The van der Waals surface area contributed by atoms with Crippen molar-refractivity contribution < 1.29 is 4.79 Å². The minimum absolute atomic E-state index is 0.0677. The van der Waals surface area contributed by atoms with E-state index in [1.54, 1.807) is 10.6 Å². The van der Waals surface area contributed by atoms with E-state index in [2.05, 4.69) is 26.2 Å². The molecule has 0 atom stereocenters. The first-order valence-corrected chi connectivity index (χ1v) is 9.63. The van der Waals surface area contributed by atoms with Crippen LogP contribution in [-0.4, -0.2) is 26.8 Å². The Morgan fingerprint density at radius 1 is 1.38 bits per heavy atom. The fourth-order valence-electron chi connectivity index (χ4n) is 2.29. The molecule has 0 fully saturated rings. The molecule has 7 heteroatoms. The fourth-order valence-corrected chi connectivity index (χ4v) is 3.47. The molecule has 0 saturated carbocycles. The van der Waals surface area contributed by atoms with Gasteiger partial charge in [0.05, 0.1) is 16.7 Å². The zero-order chi connectivity index (χ0) is 17.9. The van der Waals surface area contributed by atoms with E-state index in [4.69, 9.17) is 0 Å². The highest BCUT2D eigenvalue weighted by Gasteiger charge is 2.16. The van der Waals surface area contributed by atoms with Crippen LogP contribution in [0.2, 0.25) is 0 Å². The molecule has 1 heterocycles. The number of halogens is 1. The topological polar surface area (TPSA) is 64.0 Å². The van der Waals surface area contributed by atoms with Crippen molar-refractivity contribution in [1.29, 1.82) is 0 Å². The van der Waals surface area contributed by atoms with Crippen LogP contribution in [0.15, 0.2) is 32.6 Å². The first kappa shape index (κ1) is 19.0. The number of nitrogens with one attached hydrogen (secondary N) is 1. The van der Waals surface area contributed by atoms with Crippen LogP contribution >= 0.6 is 27.7 Å². The van der Waals surface area contributed by atoms with Gasteiger partial charge in [-0.15, -0.1) is 0 Å². The molecule has 0 spiro atoms. The van der Waals surface area contributed by atoms with Crippen LogP contribution in [0.5, 0.6) is 0 Å². The smallest absolute Gasteiger partial charge is 0.262 e. The Balaban J connectivity index is 2.35. The lowest BCUT2D eigenvalue weighted by molar-refractivity contribution is -0.119. The van der Waals surface area contributed by atoms with Gasteiger partial charge in [-0.2, -0.15) is 0 Å². The summed E-state index contributed by atoms with van der Waals surface area (Å²) in [7, 11) is 0. The van der Waals surface area contributed by atoms with E-state index in [1.165, 1.54) is 11.8 Å². The van der Waals surface area contributed by atoms with Gasteiger partial charge >= 0.3 is 0 Å². The Morgan fingerprint density at radius 2 is 2.08 bits per heavy atom. The number of carbonyl (C=O) groups is 1. The third-order valence-corrected chi connectivity index (χ3v) is 4.64. The normalized spacial score (nSPS) is 11.7. The van der Waals surface area contributed by atoms with Gasteiger partial charge in [0.25, 0.3) is 5.56 Å². The summed E-state index contributed by atoms with van der Waals surface area (Å²) in [5.74, 6) is 0.163. The molecule has 1 N–H and O–H groups in total. The molecule has 1 aromatic heterocycles. The maximum Gasteiger partial charge on any atom is 0.262 e. The lowest BCUT2D eigenvalue weighted by Gasteiger charge is -2.20. The Labute approximate surface area is 154 Å². The van der Waals surface area contributed by atoms with E-state index >= 15 is 0 Å². The molecule has 0 aliphatic heterocycles. The van der Waals surface area contributed by atoms with E-state index in [0.717, 1.165) is 10.9 Å². The highest BCUT2D eigenvalue weighted by atomic mass is 79.9. The number of rotatable bonds is 5. The number of nitrogens with zero attached hydrogens (tertiary/aromatic N) is 2. The van der Waals surface area contributed by atoms with Gasteiger partial charge in [0.2, 0.25) is 5.91 Å². The van der Waals surface area contributed by atoms with Crippen LogP contribution in [0.1, 0.15) is 34.1 Å². The van der Waals surface area contributed by atoms with Gasteiger partial charge in [-0.1, -0.05) is 34.6 Å². The first-order chi connectivity index (χ1) is 11.2. The average molecular weight is 412 g/mol. The highest BCUT2D eigenvalue weighted by Crippen LogP contribution is 2.21. The molecular formula is C17H22BrN3O2S. The molecule has 2 aromatic rings.